The number of carbonyl (C=O) groups is 2. The van der Waals surface area contributed by atoms with Crippen molar-refractivity contribution in [3.05, 3.63) is 0 Å². The van der Waals surface area contributed by atoms with Crippen LogP contribution in [-0.2, 0) is 4.79 Å². The standard InChI is InChI=1S/C14H26N2O4/c1-3-11-5-7-14(8-6-11,12(18)19)15-13(20)16(4-2)9-10-17/h11,17H,3-10H2,1-2H3,(H,15,20)(H,18,19). The Balaban J connectivity index is 2.73. The number of hydrogen-bond acceptors (Lipinski definition) is 3. The van der Waals surface area contributed by atoms with Crippen LogP contribution in [0, 0.1) is 5.92 Å². The molecule has 1 aliphatic carbocycles. The molecule has 0 saturated heterocycles. The van der Waals surface area contributed by atoms with Crippen molar-refractivity contribution in [1.82, 2.24) is 10.2 Å². The normalized spacial score (nSPS) is 26.1. The lowest BCUT2D eigenvalue weighted by molar-refractivity contribution is -0.146. The molecule has 2 amide bonds. The summed E-state index contributed by atoms with van der Waals surface area (Å²) in [6.45, 7) is 4.45. The second-order valence-electron chi connectivity index (χ2n) is 5.47. The second kappa shape index (κ2) is 7.47. The van der Waals surface area contributed by atoms with Crippen molar-refractivity contribution in [1.29, 1.82) is 0 Å². The molecule has 0 bridgehead atoms. The van der Waals surface area contributed by atoms with Gasteiger partial charge in [0.15, 0.2) is 0 Å². The average Bonchev–Trinajstić information content (AvgIpc) is 2.45. The van der Waals surface area contributed by atoms with Crippen molar-refractivity contribution in [3.8, 4) is 0 Å². The zero-order chi connectivity index (χ0) is 15.2. The highest BCUT2D eigenvalue weighted by Crippen LogP contribution is 2.34. The number of likely N-dealkylation sites (N-methyl/N-ethyl adjacent to an activating group) is 1. The van der Waals surface area contributed by atoms with Gasteiger partial charge in [0.25, 0.3) is 0 Å². The minimum absolute atomic E-state index is 0.126. The number of nitrogens with one attached hydrogen (secondary N) is 1. The van der Waals surface area contributed by atoms with Gasteiger partial charge in [0.05, 0.1) is 6.61 Å². The minimum Gasteiger partial charge on any atom is -0.480 e. The van der Waals surface area contributed by atoms with Crippen LogP contribution in [0.5, 0.6) is 0 Å². The number of carbonyl (C=O) groups excluding carboxylic acids is 1. The summed E-state index contributed by atoms with van der Waals surface area (Å²) < 4.78 is 0. The van der Waals surface area contributed by atoms with E-state index in [0.29, 0.717) is 25.3 Å². The largest absolute Gasteiger partial charge is 0.480 e. The van der Waals surface area contributed by atoms with E-state index in [0.717, 1.165) is 19.3 Å². The fourth-order valence-electron chi connectivity index (χ4n) is 2.78. The molecule has 0 aromatic heterocycles. The SMILES string of the molecule is CCC1CCC(NC(=O)N(CC)CCO)(C(=O)O)CC1. The Morgan fingerprint density at radius 3 is 2.30 bits per heavy atom. The zero-order valence-corrected chi connectivity index (χ0v) is 12.4. The van der Waals surface area contributed by atoms with Gasteiger partial charge < -0.3 is 20.4 Å². The molecule has 3 N–H and O–H groups in total. The Kier molecular flexibility index (Phi) is 6.26. The van der Waals surface area contributed by atoms with Gasteiger partial charge in [-0.15, -0.1) is 0 Å². The number of hydrogen-bond donors (Lipinski definition) is 3. The number of carboxylic acids is 1. The first-order valence-electron chi connectivity index (χ1n) is 7.40. The van der Waals surface area contributed by atoms with Crippen molar-refractivity contribution >= 4 is 12.0 Å². The minimum atomic E-state index is -1.15. The van der Waals surface area contributed by atoms with Crippen LogP contribution in [0.15, 0.2) is 0 Å². The molecule has 1 aliphatic rings. The lowest BCUT2D eigenvalue weighted by Crippen LogP contribution is -2.59. The van der Waals surface area contributed by atoms with Gasteiger partial charge in [0.1, 0.15) is 5.54 Å². The van der Waals surface area contributed by atoms with E-state index in [1.165, 1.54) is 4.90 Å². The first kappa shape index (κ1) is 16.8. The van der Waals surface area contributed by atoms with Crippen molar-refractivity contribution in [2.75, 3.05) is 19.7 Å². The summed E-state index contributed by atoms with van der Waals surface area (Å²) in [5, 5.41) is 21.1. The van der Waals surface area contributed by atoms with Crippen LogP contribution < -0.4 is 5.32 Å². The number of urea groups is 1. The van der Waals surface area contributed by atoms with Gasteiger partial charge in [-0.2, -0.15) is 0 Å². The van der Waals surface area contributed by atoms with E-state index in [2.05, 4.69) is 12.2 Å². The van der Waals surface area contributed by atoms with E-state index in [1.54, 1.807) is 6.92 Å². The maximum absolute atomic E-state index is 12.1. The molecular weight excluding hydrogens is 260 g/mol. The van der Waals surface area contributed by atoms with Gasteiger partial charge in [0, 0.05) is 13.1 Å². The molecule has 1 saturated carbocycles. The number of nitrogens with zero attached hydrogens (tertiary/aromatic N) is 1. The Labute approximate surface area is 120 Å². The topological polar surface area (TPSA) is 89.9 Å². The number of rotatable bonds is 6. The van der Waals surface area contributed by atoms with Crippen LogP contribution in [0.25, 0.3) is 0 Å². The van der Waals surface area contributed by atoms with Gasteiger partial charge in [-0.1, -0.05) is 13.3 Å². The van der Waals surface area contributed by atoms with Crippen LogP contribution >= 0.6 is 0 Å². The molecule has 0 unspecified atom stereocenters. The molecule has 116 valence electrons. The van der Waals surface area contributed by atoms with E-state index in [-0.39, 0.29) is 13.2 Å². The molecule has 0 atom stereocenters. The highest BCUT2D eigenvalue weighted by Gasteiger charge is 2.43. The molecule has 0 heterocycles. The predicted octanol–water partition coefficient (Wildman–Crippen LogP) is 1.43. The third-order valence-electron chi connectivity index (χ3n) is 4.33. The summed E-state index contributed by atoms with van der Waals surface area (Å²) >= 11 is 0. The molecule has 6 heteroatoms. The molecular formula is C14H26N2O4. The molecule has 1 fully saturated rings. The lowest BCUT2D eigenvalue weighted by atomic mass is 9.75. The van der Waals surface area contributed by atoms with Gasteiger partial charge in [-0.25, -0.2) is 9.59 Å². The molecule has 0 aromatic rings. The summed E-state index contributed by atoms with van der Waals surface area (Å²) in [6, 6.07) is -0.404. The summed E-state index contributed by atoms with van der Waals surface area (Å²) in [6.07, 6.45) is 3.66. The zero-order valence-electron chi connectivity index (χ0n) is 12.4. The Morgan fingerprint density at radius 2 is 1.90 bits per heavy atom. The molecule has 1 rings (SSSR count). The van der Waals surface area contributed by atoms with Gasteiger partial charge in [0.2, 0.25) is 0 Å². The molecule has 0 radical (unpaired) electrons. The average molecular weight is 286 g/mol. The molecule has 0 aliphatic heterocycles. The smallest absolute Gasteiger partial charge is 0.329 e. The van der Waals surface area contributed by atoms with Gasteiger partial charge in [-0.3, -0.25) is 0 Å². The van der Waals surface area contributed by atoms with Gasteiger partial charge >= 0.3 is 12.0 Å². The van der Waals surface area contributed by atoms with Crippen LogP contribution in [0.1, 0.15) is 46.0 Å². The maximum atomic E-state index is 12.1. The highest BCUT2D eigenvalue weighted by atomic mass is 16.4. The Hall–Kier alpha value is -1.30. The van der Waals surface area contributed by atoms with E-state index in [1.807, 2.05) is 0 Å². The first-order valence-corrected chi connectivity index (χ1v) is 7.40. The Bertz CT molecular complexity index is 338. The van der Waals surface area contributed by atoms with Crippen molar-refractivity contribution in [3.63, 3.8) is 0 Å². The van der Waals surface area contributed by atoms with E-state index >= 15 is 0 Å². The number of carboxylic acid groups (broad SMARTS) is 1. The van der Waals surface area contributed by atoms with Crippen molar-refractivity contribution in [2.45, 2.75) is 51.5 Å². The fourth-order valence-corrected chi connectivity index (χ4v) is 2.78. The maximum Gasteiger partial charge on any atom is 0.329 e. The number of aliphatic carboxylic acids is 1. The summed E-state index contributed by atoms with van der Waals surface area (Å²) in [5.41, 5.74) is -1.15. The van der Waals surface area contributed by atoms with Crippen LogP contribution in [0.3, 0.4) is 0 Å². The van der Waals surface area contributed by atoms with Gasteiger partial charge in [-0.05, 0) is 38.5 Å². The Morgan fingerprint density at radius 1 is 1.30 bits per heavy atom. The van der Waals surface area contributed by atoms with E-state index in [4.69, 9.17) is 5.11 Å². The first-order chi connectivity index (χ1) is 9.49. The second-order valence-corrected chi connectivity index (χ2v) is 5.47. The third kappa shape index (κ3) is 3.85. The van der Waals surface area contributed by atoms with Crippen LogP contribution in [-0.4, -0.2) is 52.3 Å². The monoisotopic (exact) mass is 286 g/mol. The van der Waals surface area contributed by atoms with E-state index in [9.17, 15) is 14.7 Å². The summed E-state index contributed by atoms with van der Waals surface area (Å²) in [7, 11) is 0. The summed E-state index contributed by atoms with van der Waals surface area (Å²) in [5.74, 6) is -0.403. The van der Waals surface area contributed by atoms with Crippen LogP contribution in [0.4, 0.5) is 4.79 Å². The third-order valence-corrected chi connectivity index (χ3v) is 4.33. The van der Waals surface area contributed by atoms with Crippen molar-refractivity contribution < 1.29 is 19.8 Å². The quantitative estimate of drug-likeness (QED) is 0.689. The lowest BCUT2D eigenvalue weighted by Gasteiger charge is -2.38. The molecule has 6 nitrogen and oxygen atoms in total. The number of aliphatic hydroxyl groups excluding tert-OH is 1. The predicted molar refractivity (Wildman–Crippen MR) is 75.5 cm³/mol. The molecule has 0 spiro atoms. The molecule has 0 aromatic carbocycles. The van der Waals surface area contributed by atoms with E-state index < -0.39 is 17.5 Å². The fraction of sp³-hybridized carbons (Fsp3) is 0.857. The summed E-state index contributed by atoms with van der Waals surface area (Å²) in [4.78, 5) is 25.2. The molecule has 20 heavy (non-hydrogen) atoms. The van der Waals surface area contributed by atoms with Crippen molar-refractivity contribution in [2.24, 2.45) is 5.92 Å². The highest BCUT2D eigenvalue weighted by molar-refractivity contribution is 5.86. The number of aliphatic hydroxyl groups is 1. The number of amides is 2. The van der Waals surface area contributed by atoms with Crippen LogP contribution in [0.2, 0.25) is 0 Å².